The molecule has 0 saturated heterocycles. The van der Waals surface area contributed by atoms with Gasteiger partial charge in [-0.15, -0.1) is 0 Å². The van der Waals surface area contributed by atoms with Crippen molar-refractivity contribution in [2.75, 3.05) is 6.61 Å². The minimum atomic E-state index is -0.636. The summed E-state index contributed by atoms with van der Waals surface area (Å²) in [5.74, 6) is -0.367. The SMILES string of the molecule is CCOC(=O)c1cc(-c2ccc(C)cc2)cc(C(C)O)c1. The fourth-order valence-corrected chi connectivity index (χ4v) is 2.14. The number of esters is 1. The number of ether oxygens (including phenoxy) is 1. The average molecular weight is 284 g/mol. The molecule has 2 aromatic carbocycles. The summed E-state index contributed by atoms with van der Waals surface area (Å²) in [4.78, 5) is 12.0. The van der Waals surface area contributed by atoms with E-state index in [0.717, 1.165) is 11.1 Å². The standard InChI is InChI=1S/C18H20O3/c1-4-21-18(20)17-10-15(13(3)19)9-16(11-17)14-7-5-12(2)6-8-14/h5-11,13,19H,4H2,1-3H3. The molecule has 110 valence electrons. The van der Waals surface area contributed by atoms with Crippen LogP contribution in [0.3, 0.4) is 0 Å². The lowest BCUT2D eigenvalue weighted by Crippen LogP contribution is -2.06. The van der Waals surface area contributed by atoms with Crippen molar-refractivity contribution in [2.24, 2.45) is 0 Å². The molecule has 3 nitrogen and oxygen atoms in total. The summed E-state index contributed by atoms with van der Waals surface area (Å²) < 4.78 is 5.05. The van der Waals surface area contributed by atoms with Crippen molar-refractivity contribution >= 4 is 5.97 Å². The summed E-state index contributed by atoms with van der Waals surface area (Å²) in [6.45, 7) is 5.82. The Labute approximate surface area is 125 Å². The zero-order chi connectivity index (χ0) is 15.4. The van der Waals surface area contributed by atoms with E-state index < -0.39 is 6.10 Å². The largest absolute Gasteiger partial charge is 0.462 e. The molecule has 0 fully saturated rings. The Morgan fingerprint density at radius 1 is 1.14 bits per heavy atom. The van der Waals surface area contributed by atoms with Crippen LogP contribution in [0.15, 0.2) is 42.5 Å². The van der Waals surface area contributed by atoms with E-state index in [1.54, 1.807) is 26.0 Å². The third-order valence-electron chi connectivity index (χ3n) is 3.33. The number of hydrogen-bond donors (Lipinski definition) is 1. The zero-order valence-corrected chi connectivity index (χ0v) is 12.6. The predicted octanol–water partition coefficient (Wildman–Crippen LogP) is 3.89. The van der Waals surface area contributed by atoms with Gasteiger partial charge in [0.15, 0.2) is 0 Å². The maximum absolute atomic E-state index is 12.0. The van der Waals surface area contributed by atoms with Crippen molar-refractivity contribution in [3.05, 3.63) is 59.2 Å². The summed E-state index contributed by atoms with van der Waals surface area (Å²) in [7, 11) is 0. The number of hydrogen-bond acceptors (Lipinski definition) is 3. The minimum Gasteiger partial charge on any atom is -0.462 e. The number of aliphatic hydroxyl groups excluding tert-OH is 1. The van der Waals surface area contributed by atoms with Gasteiger partial charge in [0.25, 0.3) is 0 Å². The smallest absolute Gasteiger partial charge is 0.338 e. The molecule has 0 bridgehead atoms. The molecule has 0 amide bonds. The van der Waals surface area contributed by atoms with Gasteiger partial charge in [-0.3, -0.25) is 0 Å². The predicted molar refractivity (Wildman–Crippen MR) is 83.2 cm³/mol. The quantitative estimate of drug-likeness (QED) is 0.866. The molecule has 2 rings (SSSR count). The van der Waals surface area contributed by atoms with Crippen molar-refractivity contribution in [1.82, 2.24) is 0 Å². The molecule has 0 radical (unpaired) electrons. The molecule has 0 heterocycles. The van der Waals surface area contributed by atoms with Crippen LogP contribution in [0, 0.1) is 6.92 Å². The average Bonchev–Trinajstić information content (AvgIpc) is 2.47. The first-order valence-corrected chi connectivity index (χ1v) is 7.08. The molecule has 0 aliphatic carbocycles. The highest BCUT2D eigenvalue weighted by molar-refractivity contribution is 5.91. The van der Waals surface area contributed by atoms with Gasteiger partial charge >= 0.3 is 5.97 Å². The fourth-order valence-electron chi connectivity index (χ4n) is 2.14. The van der Waals surface area contributed by atoms with E-state index in [4.69, 9.17) is 4.74 Å². The Bertz CT molecular complexity index is 627. The third-order valence-corrected chi connectivity index (χ3v) is 3.33. The molecule has 21 heavy (non-hydrogen) atoms. The fraction of sp³-hybridized carbons (Fsp3) is 0.278. The molecular weight excluding hydrogens is 264 g/mol. The third kappa shape index (κ3) is 3.70. The molecule has 1 unspecified atom stereocenters. The van der Waals surface area contributed by atoms with Gasteiger partial charge in [-0.25, -0.2) is 4.79 Å². The van der Waals surface area contributed by atoms with Crippen molar-refractivity contribution < 1.29 is 14.6 Å². The Morgan fingerprint density at radius 2 is 1.81 bits per heavy atom. The summed E-state index contributed by atoms with van der Waals surface area (Å²) in [5, 5.41) is 9.82. The van der Waals surface area contributed by atoms with Gasteiger partial charge in [-0.2, -0.15) is 0 Å². The maximum atomic E-state index is 12.0. The van der Waals surface area contributed by atoms with Gasteiger partial charge in [-0.05, 0) is 55.7 Å². The second-order valence-electron chi connectivity index (χ2n) is 5.11. The van der Waals surface area contributed by atoms with E-state index in [2.05, 4.69) is 0 Å². The van der Waals surface area contributed by atoms with E-state index in [0.29, 0.717) is 17.7 Å². The molecule has 1 atom stereocenters. The van der Waals surface area contributed by atoms with Gasteiger partial charge in [0.1, 0.15) is 0 Å². The summed E-state index contributed by atoms with van der Waals surface area (Å²) in [6, 6.07) is 13.4. The monoisotopic (exact) mass is 284 g/mol. The molecule has 3 heteroatoms. The lowest BCUT2D eigenvalue weighted by molar-refractivity contribution is 0.0526. The van der Waals surface area contributed by atoms with Crippen LogP contribution in [0.25, 0.3) is 11.1 Å². The van der Waals surface area contributed by atoms with Crippen LogP contribution in [0.2, 0.25) is 0 Å². The van der Waals surface area contributed by atoms with Crippen LogP contribution in [0.4, 0.5) is 0 Å². The Hall–Kier alpha value is -2.13. The summed E-state index contributed by atoms with van der Waals surface area (Å²) in [5.41, 5.74) is 4.25. The van der Waals surface area contributed by atoms with E-state index in [-0.39, 0.29) is 5.97 Å². The van der Waals surface area contributed by atoms with Crippen molar-refractivity contribution in [3.63, 3.8) is 0 Å². The summed E-state index contributed by atoms with van der Waals surface area (Å²) >= 11 is 0. The van der Waals surface area contributed by atoms with Crippen molar-refractivity contribution in [2.45, 2.75) is 26.9 Å². The normalized spacial score (nSPS) is 12.0. The number of benzene rings is 2. The highest BCUT2D eigenvalue weighted by Crippen LogP contribution is 2.26. The van der Waals surface area contributed by atoms with Gasteiger partial charge in [0.2, 0.25) is 0 Å². The molecule has 0 aliphatic heterocycles. The van der Waals surface area contributed by atoms with Crippen LogP contribution >= 0.6 is 0 Å². The van der Waals surface area contributed by atoms with Crippen LogP contribution in [-0.2, 0) is 4.74 Å². The van der Waals surface area contributed by atoms with Gasteiger partial charge in [0.05, 0.1) is 18.3 Å². The first kappa shape index (κ1) is 15.3. The minimum absolute atomic E-state index is 0.331. The highest BCUT2D eigenvalue weighted by atomic mass is 16.5. The number of aliphatic hydroxyl groups is 1. The molecular formula is C18H20O3. The van der Waals surface area contributed by atoms with Crippen LogP contribution < -0.4 is 0 Å². The second kappa shape index (κ2) is 6.55. The Balaban J connectivity index is 2.49. The maximum Gasteiger partial charge on any atom is 0.338 e. The molecule has 2 aromatic rings. The Morgan fingerprint density at radius 3 is 2.38 bits per heavy atom. The van der Waals surface area contributed by atoms with Crippen LogP contribution in [-0.4, -0.2) is 17.7 Å². The lowest BCUT2D eigenvalue weighted by atomic mass is 9.97. The Kier molecular flexibility index (Phi) is 4.76. The second-order valence-corrected chi connectivity index (χ2v) is 5.11. The number of aryl methyl sites for hydroxylation is 1. The van der Waals surface area contributed by atoms with Gasteiger partial charge in [0, 0.05) is 0 Å². The first-order valence-electron chi connectivity index (χ1n) is 7.08. The number of carbonyl (C=O) groups is 1. The zero-order valence-electron chi connectivity index (χ0n) is 12.6. The van der Waals surface area contributed by atoms with Gasteiger partial charge in [-0.1, -0.05) is 29.8 Å². The van der Waals surface area contributed by atoms with E-state index >= 15 is 0 Å². The molecule has 0 saturated carbocycles. The van der Waals surface area contributed by atoms with E-state index in [1.165, 1.54) is 5.56 Å². The molecule has 0 aliphatic rings. The lowest BCUT2D eigenvalue weighted by Gasteiger charge is -2.11. The number of rotatable bonds is 4. The highest BCUT2D eigenvalue weighted by Gasteiger charge is 2.13. The first-order chi connectivity index (χ1) is 10.0. The summed E-state index contributed by atoms with van der Waals surface area (Å²) in [6.07, 6.45) is -0.636. The van der Waals surface area contributed by atoms with Gasteiger partial charge < -0.3 is 9.84 Å². The van der Waals surface area contributed by atoms with E-state index in [9.17, 15) is 9.90 Å². The van der Waals surface area contributed by atoms with Crippen molar-refractivity contribution in [3.8, 4) is 11.1 Å². The van der Waals surface area contributed by atoms with Crippen LogP contribution in [0.1, 0.15) is 41.4 Å². The molecule has 0 aromatic heterocycles. The molecule has 0 spiro atoms. The topological polar surface area (TPSA) is 46.5 Å². The molecule has 1 N–H and O–H groups in total. The van der Waals surface area contributed by atoms with Crippen LogP contribution in [0.5, 0.6) is 0 Å². The van der Waals surface area contributed by atoms with E-state index in [1.807, 2.05) is 37.3 Å². The number of carbonyl (C=O) groups excluding carboxylic acids is 1. The van der Waals surface area contributed by atoms with Crippen molar-refractivity contribution in [1.29, 1.82) is 0 Å².